The number of hydrogen-bond acceptors (Lipinski definition) is 3. The zero-order chi connectivity index (χ0) is 5.11. The molecular weight excluding hydrogens is 108 g/mol. The first-order valence-electron chi connectivity index (χ1n) is 2.23. The van der Waals surface area contributed by atoms with Crippen LogP contribution in [0.2, 0.25) is 0 Å². The summed E-state index contributed by atoms with van der Waals surface area (Å²) in [5.74, 6) is 0. The first-order valence-corrected chi connectivity index (χ1v) is 2.68. The molecule has 0 aromatic rings. The van der Waals surface area contributed by atoms with E-state index in [1.807, 2.05) is 6.08 Å². The molecule has 0 aromatic carbocycles. The van der Waals surface area contributed by atoms with Crippen LogP contribution in [0.3, 0.4) is 0 Å². The minimum Gasteiger partial charge on any atom is -0.368 e. The Morgan fingerprint density at radius 1 is 1.71 bits per heavy atom. The average molecular weight is 116 g/mol. The number of thiol groups is 1. The van der Waals surface area contributed by atoms with Gasteiger partial charge in [0.05, 0.1) is 11.7 Å². The smallest absolute Gasteiger partial charge is 0.0660 e. The Balaban J connectivity index is 2.40. The highest BCUT2D eigenvalue weighted by atomic mass is 32.1. The molecule has 0 spiro atoms. The van der Waals surface area contributed by atoms with E-state index < -0.39 is 0 Å². The molecule has 0 aliphatic carbocycles. The SMILES string of the molecule is SC1=CCNCN1. The van der Waals surface area contributed by atoms with Crippen molar-refractivity contribution in [3.63, 3.8) is 0 Å². The van der Waals surface area contributed by atoms with E-state index in [2.05, 4.69) is 23.3 Å². The van der Waals surface area contributed by atoms with Gasteiger partial charge in [-0.25, -0.2) is 0 Å². The Morgan fingerprint density at radius 2 is 2.57 bits per heavy atom. The Morgan fingerprint density at radius 3 is 2.86 bits per heavy atom. The monoisotopic (exact) mass is 116 g/mol. The van der Waals surface area contributed by atoms with Crippen molar-refractivity contribution in [2.24, 2.45) is 0 Å². The van der Waals surface area contributed by atoms with Crippen LogP contribution in [0.25, 0.3) is 0 Å². The van der Waals surface area contributed by atoms with Crippen molar-refractivity contribution in [1.29, 1.82) is 0 Å². The van der Waals surface area contributed by atoms with Gasteiger partial charge in [-0.3, -0.25) is 5.32 Å². The Bertz CT molecular complexity index is 89.7. The highest BCUT2D eigenvalue weighted by molar-refractivity contribution is 7.84. The van der Waals surface area contributed by atoms with E-state index in [0.29, 0.717) is 0 Å². The van der Waals surface area contributed by atoms with Crippen molar-refractivity contribution in [2.75, 3.05) is 13.2 Å². The van der Waals surface area contributed by atoms with Crippen molar-refractivity contribution in [3.8, 4) is 0 Å². The number of nitrogens with one attached hydrogen (secondary N) is 2. The lowest BCUT2D eigenvalue weighted by Gasteiger charge is -2.10. The minimum absolute atomic E-state index is 0.843. The van der Waals surface area contributed by atoms with E-state index >= 15 is 0 Å². The van der Waals surface area contributed by atoms with Crippen LogP contribution in [-0.4, -0.2) is 13.2 Å². The Hall–Kier alpha value is -0.150. The summed E-state index contributed by atoms with van der Waals surface area (Å²) in [6.07, 6.45) is 1.99. The zero-order valence-electron chi connectivity index (χ0n) is 3.94. The normalized spacial score (nSPS) is 20.4. The lowest BCUT2D eigenvalue weighted by Crippen LogP contribution is -2.31. The summed E-state index contributed by atoms with van der Waals surface area (Å²) < 4.78 is 0. The molecule has 1 aliphatic rings. The summed E-state index contributed by atoms with van der Waals surface area (Å²) in [6, 6.07) is 0. The molecule has 0 radical (unpaired) electrons. The van der Waals surface area contributed by atoms with Gasteiger partial charge in [0.2, 0.25) is 0 Å². The molecule has 40 valence electrons. The third-order valence-corrected chi connectivity index (χ3v) is 1.17. The van der Waals surface area contributed by atoms with Gasteiger partial charge in [-0.05, 0) is 6.08 Å². The van der Waals surface area contributed by atoms with Gasteiger partial charge in [-0.2, -0.15) is 0 Å². The van der Waals surface area contributed by atoms with E-state index in [4.69, 9.17) is 0 Å². The van der Waals surface area contributed by atoms with Gasteiger partial charge >= 0.3 is 0 Å². The van der Waals surface area contributed by atoms with E-state index in [1.54, 1.807) is 0 Å². The van der Waals surface area contributed by atoms with Crippen molar-refractivity contribution in [2.45, 2.75) is 0 Å². The predicted molar refractivity (Wildman–Crippen MR) is 33.1 cm³/mol. The van der Waals surface area contributed by atoms with Crippen LogP contribution >= 0.6 is 12.6 Å². The summed E-state index contributed by atoms with van der Waals surface area (Å²) in [4.78, 5) is 0. The van der Waals surface area contributed by atoms with E-state index in [0.717, 1.165) is 18.2 Å². The summed E-state index contributed by atoms with van der Waals surface area (Å²) in [5, 5.41) is 7.05. The standard InChI is InChI=1S/C4H8N2S/c7-4-1-2-5-3-6-4/h1,5-7H,2-3H2. The highest BCUT2D eigenvalue weighted by Crippen LogP contribution is 1.93. The maximum atomic E-state index is 4.07. The van der Waals surface area contributed by atoms with Crippen LogP contribution in [0.1, 0.15) is 0 Å². The Labute approximate surface area is 48.4 Å². The first kappa shape index (κ1) is 5.00. The third kappa shape index (κ3) is 1.41. The second-order valence-corrected chi connectivity index (χ2v) is 1.88. The van der Waals surface area contributed by atoms with Gasteiger partial charge in [0, 0.05) is 6.54 Å². The molecule has 2 nitrogen and oxygen atoms in total. The summed E-state index contributed by atoms with van der Waals surface area (Å²) in [7, 11) is 0. The quantitative estimate of drug-likeness (QED) is 0.385. The van der Waals surface area contributed by atoms with Crippen LogP contribution in [0.15, 0.2) is 11.1 Å². The van der Waals surface area contributed by atoms with Gasteiger partial charge in [0.1, 0.15) is 0 Å². The zero-order valence-corrected chi connectivity index (χ0v) is 4.83. The highest BCUT2D eigenvalue weighted by Gasteiger charge is 1.91. The molecule has 3 heteroatoms. The third-order valence-electron chi connectivity index (χ3n) is 0.834. The molecule has 0 saturated carbocycles. The molecule has 1 rings (SSSR count). The fourth-order valence-electron chi connectivity index (χ4n) is 0.466. The van der Waals surface area contributed by atoms with Gasteiger partial charge in [0.15, 0.2) is 0 Å². The number of hydrogen-bond donors (Lipinski definition) is 3. The van der Waals surface area contributed by atoms with Crippen molar-refractivity contribution >= 4 is 12.6 Å². The summed E-state index contributed by atoms with van der Waals surface area (Å²) in [5.41, 5.74) is 0. The lowest BCUT2D eigenvalue weighted by atomic mass is 10.5. The van der Waals surface area contributed by atoms with Crippen LogP contribution in [0, 0.1) is 0 Å². The topological polar surface area (TPSA) is 24.1 Å². The molecule has 0 fully saturated rings. The predicted octanol–water partition coefficient (Wildman–Crippen LogP) is -0.0921. The molecule has 2 N–H and O–H groups in total. The van der Waals surface area contributed by atoms with Crippen LogP contribution < -0.4 is 10.6 Å². The van der Waals surface area contributed by atoms with E-state index in [-0.39, 0.29) is 0 Å². The van der Waals surface area contributed by atoms with E-state index in [1.165, 1.54) is 0 Å². The maximum absolute atomic E-state index is 4.07. The van der Waals surface area contributed by atoms with Crippen LogP contribution in [-0.2, 0) is 0 Å². The average Bonchev–Trinajstić information content (AvgIpc) is 1.69. The van der Waals surface area contributed by atoms with Gasteiger partial charge in [-0.15, -0.1) is 12.6 Å². The molecular formula is C4H8N2S. The molecule has 0 amide bonds. The first-order chi connectivity index (χ1) is 3.39. The molecule has 7 heavy (non-hydrogen) atoms. The molecule has 0 unspecified atom stereocenters. The van der Waals surface area contributed by atoms with Crippen molar-refractivity contribution < 1.29 is 0 Å². The lowest BCUT2D eigenvalue weighted by molar-refractivity contribution is 0.662. The van der Waals surface area contributed by atoms with Crippen molar-refractivity contribution in [3.05, 3.63) is 11.1 Å². The fraction of sp³-hybridized carbons (Fsp3) is 0.500. The molecule has 0 atom stereocenters. The minimum atomic E-state index is 0.843. The molecule has 0 saturated heterocycles. The molecule has 1 heterocycles. The van der Waals surface area contributed by atoms with Gasteiger partial charge in [-0.1, -0.05) is 0 Å². The summed E-state index contributed by atoms with van der Waals surface area (Å²) >= 11 is 4.07. The fourth-order valence-corrected chi connectivity index (χ4v) is 0.637. The van der Waals surface area contributed by atoms with Crippen molar-refractivity contribution in [1.82, 2.24) is 10.6 Å². The second-order valence-electron chi connectivity index (χ2n) is 1.40. The van der Waals surface area contributed by atoms with Gasteiger partial charge in [0.25, 0.3) is 0 Å². The largest absolute Gasteiger partial charge is 0.368 e. The van der Waals surface area contributed by atoms with Crippen LogP contribution in [0.5, 0.6) is 0 Å². The van der Waals surface area contributed by atoms with Crippen LogP contribution in [0.4, 0.5) is 0 Å². The second kappa shape index (κ2) is 2.23. The molecule has 1 aliphatic heterocycles. The summed E-state index contributed by atoms with van der Waals surface area (Å²) in [6.45, 7) is 1.78. The molecule has 0 aromatic heterocycles. The maximum Gasteiger partial charge on any atom is 0.0660 e. The molecule has 0 bridgehead atoms. The number of rotatable bonds is 0. The van der Waals surface area contributed by atoms with E-state index in [9.17, 15) is 0 Å². The Kier molecular flexibility index (Phi) is 1.59. The van der Waals surface area contributed by atoms with Gasteiger partial charge < -0.3 is 5.32 Å².